The maximum atomic E-state index is 12.5. The number of carbonyl (C=O) groups is 1. The van der Waals surface area contributed by atoms with Gasteiger partial charge in [-0.3, -0.25) is 9.10 Å². The number of hydrogen-bond acceptors (Lipinski definition) is 4. The van der Waals surface area contributed by atoms with Gasteiger partial charge in [0.05, 0.1) is 23.6 Å². The predicted molar refractivity (Wildman–Crippen MR) is 96.1 cm³/mol. The van der Waals surface area contributed by atoms with Gasteiger partial charge in [-0.2, -0.15) is 5.26 Å². The molecule has 0 fully saturated rings. The highest BCUT2D eigenvalue weighted by molar-refractivity contribution is 7.92. The Bertz CT molecular complexity index is 977. The van der Waals surface area contributed by atoms with Crippen molar-refractivity contribution in [3.63, 3.8) is 0 Å². The van der Waals surface area contributed by atoms with Crippen molar-refractivity contribution in [2.45, 2.75) is 12.8 Å². The van der Waals surface area contributed by atoms with Crippen LogP contribution in [0.15, 0.2) is 42.5 Å². The molecule has 0 saturated carbocycles. The number of anilines is 2. The molecule has 1 aliphatic rings. The van der Waals surface area contributed by atoms with Gasteiger partial charge in [0.1, 0.15) is 0 Å². The summed E-state index contributed by atoms with van der Waals surface area (Å²) in [7, 11) is -3.33. The number of aryl methyl sites for hydroxylation is 1. The Morgan fingerprint density at radius 2 is 2.04 bits per heavy atom. The van der Waals surface area contributed by atoms with Gasteiger partial charge in [-0.15, -0.1) is 0 Å². The smallest absolute Gasteiger partial charge is 0.255 e. The third kappa shape index (κ3) is 3.64. The average Bonchev–Trinajstić information content (AvgIpc) is 2.60. The molecule has 0 aliphatic carbocycles. The third-order valence-corrected chi connectivity index (χ3v) is 5.25. The minimum absolute atomic E-state index is 0.297. The first-order valence-electron chi connectivity index (χ1n) is 7.80. The van der Waals surface area contributed by atoms with Crippen LogP contribution in [0.3, 0.4) is 0 Å². The van der Waals surface area contributed by atoms with Crippen LogP contribution in [0, 0.1) is 11.3 Å². The summed E-state index contributed by atoms with van der Waals surface area (Å²) >= 11 is 0. The topological polar surface area (TPSA) is 90.3 Å². The Balaban J connectivity index is 1.86. The second kappa shape index (κ2) is 6.57. The van der Waals surface area contributed by atoms with E-state index < -0.39 is 10.0 Å². The number of benzene rings is 2. The van der Waals surface area contributed by atoms with Gasteiger partial charge in [-0.05, 0) is 54.8 Å². The summed E-state index contributed by atoms with van der Waals surface area (Å²) in [4.78, 5) is 12.5. The molecule has 25 heavy (non-hydrogen) atoms. The third-order valence-electron chi connectivity index (χ3n) is 4.07. The van der Waals surface area contributed by atoms with E-state index in [1.807, 2.05) is 6.07 Å². The zero-order valence-corrected chi connectivity index (χ0v) is 14.5. The minimum atomic E-state index is -3.33. The molecular weight excluding hydrogens is 338 g/mol. The molecule has 1 amide bonds. The largest absolute Gasteiger partial charge is 0.322 e. The molecule has 0 bridgehead atoms. The molecular formula is C18H17N3O3S. The molecule has 0 saturated heterocycles. The van der Waals surface area contributed by atoms with E-state index in [-0.39, 0.29) is 5.91 Å². The summed E-state index contributed by atoms with van der Waals surface area (Å²) in [6.07, 6.45) is 2.63. The van der Waals surface area contributed by atoms with E-state index in [2.05, 4.69) is 5.32 Å². The van der Waals surface area contributed by atoms with Gasteiger partial charge in [0.25, 0.3) is 5.91 Å². The molecule has 7 heteroatoms. The molecule has 6 nitrogen and oxygen atoms in total. The fraction of sp³-hybridized carbons (Fsp3) is 0.222. The first-order valence-corrected chi connectivity index (χ1v) is 9.65. The standard InChI is InChI=1S/C18H17N3O3S/c1-25(23,24)21-9-3-5-14-11-15(7-8-17(14)21)18(22)20-16-6-2-4-13(10-16)12-19/h2,4,6-8,10-11H,3,5,9H2,1H3,(H,20,22). The quantitative estimate of drug-likeness (QED) is 0.916. The molecule has 0 aromatic heterocycles. The first-order chi connectivity index (χ1) is 11.9. The predicted octanol–water partition coefficient (Wildman–Crippen LogP) is 2.52. The molecule has 128 valence electrons. The van der Waals surface area contributed by atoms with E-state index in [1.54, 1.807) is 42.5 Å². The molecule has 2 aromatic rings. The van der Waals surface area contributed by atoms with Crippen molar-refractivity contribution in [3.05, 3.63) is 59.2 Å². The van der Waals surface area contributed by atoms with Crippen LogP contribution >= 0.6 is 0 Å². The molecule has 1 heterocycles. The van der Waals surface area contributed by atoms with E-state index in [9.17, 15) is 13.2 Å². The number of nitrogens with zero attached hydrogens (tertiary/aromatic N) is 2. The lowest BCUT2D eigenvalue weighted by molar-refractivity contribution is 0.102. The van der Waals surface area contributed by atoms with Crippen LogP contribution in [0.4, 0.5) is 11.4 Å². The van der Waals surface area contributed by atoms with Gasteiger partial charge in [0.2, 0.25) is 10.0 Å². The fourth-order valence-corrected chi connectivity index (χ4v) is 3.91. The maximum absolute atomic E-state index is 12.5. The molecule has 0 radical (unpaired) electrons. The Kier molecular flexibility index (Phi) is 4.47. The van der Waals surface area contributed by atoms with Crippen molar-refractivity contribution in [1.82, 2.24) is 0 Å². The number of carbonyl (C=O) groups excluding carboxylic acids is 1. The number of hydrogen-bond donors (Lipinski definition) is 1. The van der Waals surface area contributed by atoms with Crippen LogP contribution in [0.1, 0.15) is 27.9 Å². The van der Waals surface area contributed by atoms with Gasteiger partial charge in [-0.1, -0.05) is 6.07 Å². The maximum Gasteiger partial charge on any atom is 0.255 e. The highest BCUT2D eigenvalue weighted by Crippen LogP contribution is 2.30. The van der Waals surface area contributed by atoms with E-state index in [0.29, 0.717) is 29.0 Å². The Hall–Kier alpha value is -2.85. The first kappa shape index (κ1) is 17.0. The van der Waals surface area contributed by atoms with Crippen LogP contribution in [-0.2, 0) is 16.4 Å². The normalized spacial score (nSPS) is 13.7. The van der Waals surface area contributed by atoms with Crippen LogP contribution in [-0.4, -0.2) is 27.1 Å². The lowest BCUT2D eigenvalue weighted by Gasteiger charge is -2.29. The second-order valence-electron chi connectivity index (χ2n) is 5.93. The van der Waals surface area contributed by atoms with Gasteiger partial charge in [0, 0.05) is 17.8 Å². The molecule has 2 aromatic carbocycles. The van der Waals surface area contributed by atoms with Crippen molar-refractivity contribution < 1.29 is 13.2 Å². The lowest BCUT2D eigenvalue weighted by Crippen LogP contribution is -2.34. The SMILES string of the molecule is CS(=O)(=O)N1CCCc2cc(C(=O)Nc3cccc(C#N)c3)ccc21. The number of nitrogens with one attached hydrogen (secondary N) is 1. The summed E-state index contributed by atoms with van der Waals surface area (Å²) in [6.45, 7) is 0.457. The monoisotopic (exact) mass is 355 g/mol. The van der Waals surface area contributed by atoms with Crippen LogP contribution in [0.2, 0.25) is 0 Å². The van der Waals surface area contributed by atoms with E-state index in [0.717, 1.165) is 18.4 Å². The molecule has 0 unspecified atom stereocenters. The summed E-state index contributed by atoms with van der Waals surface area (Å²) in [5.41, 5.74) is 2.94. The lowest BCUT2D eigenvalue weighted by atomic mass is 10.0. The van der Waals surface area contributed by atoms with Crippen molar-refractivity contribution in [3.8, 4) is 6.07 Å². The van der Waals surface area contributed by atoms with Crippen LogP contribution < -0.4 is 9.62 Å². The summed E-state index contributed by atoms with van der Waals surface area (Å²) < 4.78 is 25.2. The molecule has 1 N–H and O–H groups in total. The van der Waals surface area contributed by atoms with Crippen molar-refractivity contribution in [1.29, 1.82) is 5.26 Å². The van der Waals surface area contributed by atoms with Gasteiger partial charge in [0.15, 0.2) is 0 Å². The number of fused-ring (bicyclic) bond motifs is 1. The van der Waals surface area contributed by atoms with E-state index in [1.165, 1.54) is 10.6 Å². The fourth-order valence-electron chi connectivity index (χ4n) is 2.92. The zero-order chi connectivity index (χ0) is 18.0. The highest BCUT2D eigenvalue weighted by Gasteiger charge is 2.24. The number of sulfonamides is 1. The molecule has 0 atom stereocenters. The van der Waals surface area contributed by atoms with Crippen molar-refractivity contribution in [2.24, 2.45) is 0 Å². The number of rotatable bonds is 3. The van der Waals surface area contributed by atoms with E-state index >= 15 is 0 Å². The highest BCUT2D eigenvalue weighted by atomic mass is 32.2. The van der Waals surface area contributed by atoms with Crippen molar-refractivity contribution in [2.75, 3.05) is 22.4 Å². The molecule has 1 aliphatic heterocycles. The van der Waals surface area contributed by atoms with Crippen molar-refractivity contribution >= 4 is 27.3 Å². The van der Waals surface area contributed by atoms with Gasteiger partial charge >= 0.3 is 0 Å². The Morgan fingerprint density at radius 3 is 2.76 bits per heavy atom. The zero-order valence-electron chi connectivity index (χ0n) is 13.7. The summed E-state index contributed by atoms with van der Waals surface area (Å²) in [6, 6.07) is 13.7. The number of nitriles is 1. The van der Waals surface area contributed by atoms with Gasteiger partial charge < -0.3 is 5.32 Å². The summed E-state index contributed by atoms with van der Waals surface area (Å²) in [5, 5.41) is 11.7. The second-order valence-corrected chi connectivity index (χ2v) is 7.84. The summed E-state index contributed by atoms with van der Waals surface area (Å²) in [5.74, 6) is -0.297. The average molecular weight is 355 g/mol. The van der Waals surface area contributed by atoms with E-state index in [4.69, 9.17) is 5.26 Å². The molecule has 0 spiro atoms. The van der Waals surface area contributed by atoms with Gasteiger partial charge in [-0.25, -0.2) is 8.42 Å². The van der Waals surface area contributed by atoms with Crippen LogP contribution in [0.25, 0.3) is 0 Å². The molecule has 3 rings (SSSR count). The Morgan fingerprint density at radius 1 is 1.24 bits per heavy atom. The number of amides is 1. The Labute approximate surface area is 146 Å². The van der Waals surface area contributed by atoms with Crippen LogP contribution in [0.5, 0.6) is 0 Å². The minimum Gasteiger partial charge on any atom is -0.322 e.